The van der Waals surface area contributed by atoms with Gasteiger partial charge in [0.15, 0.2) is 0 Å². The quantitative estimate of drug-likeness (QED) is 0.559. The number of fused-ring (bicyclic) bond motifs is 1. The Hall–Kier alpha value is -0.630. The maximum atomic E-state index is 10.4. The van der Waals surface area contributed by atoms with E-state index in [0.29, 0.717) is 0 Å². The van der Waals surface area contributed by atoms with Crippen molar-refractivity contribution < 1.29 is 4.79 Å². The first-order valence-corrected chi connectivity index (χ1v) is 4.28. The Morgan fingerprint density at radius 3 is 3.20 bits per heavy atom. The fourth-order valence-electron chi connectivity index (χ4n) is 1.42. The minimum Gasteiger partial charge on any atom is -0.303 e. The summed E-state index contributed by atoms with van der Waals surface area (Å²) >= 11 is 1.77. The van der Waals surface area contributed by atoms with Crippen molar-refractivity contribution >= 4 is 17.6 Å². The van der Waals surface area contributed by atoms with Crippen molar-refractivity contribution in [2.45, 2.75) is 12.8 Å². The molecule has 10 heavy (non-hydrogen) atoms. The monoisotopic (exact) mass is 152 g/mol. The topological polar surface area (TPSA) is 17.1 Å². The molecule has 1 unspecified atom stereocenters. The molecule has 0 amide bonds. The zero-order chi connectivity index (χ0) is 6.97. The molecule has 0 N–H and O–H groups in total. The molecule has 0 fully saturated rings. The second kappa shape index (κ2) is 2.20. The van der Waals surface area contributed by atoms with Gasteiger partial charge < -0.3 is 4.79 Å². The van der Waals surface area contributed by atoms with E-state index in [4.69, 9.17) is 0 Å². The molecule has 2 heteroatoms. The molecule has 0 saturated carbocycles. The van der Waals surface area contributed by atoms with E-state index in [1.54, 1.807) is 11.3 Å². The largest absolute Gasteiger partial charge is 0.303 e. The standard InChI is InChI=1S/C8H8OS/c9-5-6-3-7-1-2-10-8(7)4-6/h1-2,5-6H,3-4H2. The van der Waals surface area contributed by atoms with Gasteiger partial charge in [-0.1, -0.05) is 0 Å². The highest BCUT2D eigenvalue weighted by molar-refractivity contribution is 7.10. The van der Waals surface area contributed by atoms with Crippen molar-refractivity contribution in [3.05, 3.63) is 21.9 Å². The third-order valence-electron chi connectivity index (χ3n) is 1.96. The van der Waals surface area contributed by atoms with Crippen molar-refractivity contribution in [1.82, 2.24) is 0 Å². The number of thiophene rings is 1. The molecule has 1 aliphatic rings. The highest BCUT2D eigenvalue weighted by Gasteiger charge is 2.21. The third-order valence-corrected chi connectivity index (χ3v) is 2.95. The van der Waals surface area contributed by atoms with Gasteiger partial charge in [0.25, 0.3) is 0 Å². The van der Waals surface area contributed by atoms with E-state index in [1.807, 2.05) is 0 Å². The zero-order valence-electron chi connectivity index (χ0n) is 5.54. The van der Waals surface area contributed by atoms with Gasteiger partial charge in [-0.2, -0.15) is 0 Å². The molecule has 0 aromatic carbocycles. The van der Waals surface area contributed by atoms with Gasteiger partial charge in [-0.05, 0) is 29.9 Å². The van der Waals surface area contributed by atoms with E-state index >= 15 is 0 Å². The molecule has 0 bridgehead atoms. The van der Waals surface area contributed by atoms with Gasteiger partial charge in [0.05, 0.1) is 0 Å². The molecule has 1 atom stereocenters. The van der Waals surface area contributed by atoms with Crippen LogP contribution in [0.2, 0.25) is 0 Å². The van der Waals surface area contributed by atoms with Gasteiger partial charge in [0.1, 0.15) is 6.29 Å². The van der Waals surface area contributed by atoms with E-state index in [1.165, 1.54) is 10.4 Å². The maximum absolute atomic E-state index is 10.4. The fraction of sp³-hybridized carbons (Fsp3) is 0.375. The summed E-state index contributed by atoms with van der Waals surface area (Å²) in [5, 5.41) is 2.10. The van der Waals surface area contributed by atoms with E-state index in [0.717, 1.165) is 19.1 Å². The molecule has 0 aliphatic heterocycles. The van der Waals surface area contributed by atoms with Gasteiger partial charge >= 0.3 is 0 Å². The van der Waals surface area contributed by atoms with Crippen LogP contribution in [-0.2, 0) is 17.6 Å². The molecule has 1 nitrogen and oxygen atoms in total. The van der Waals surface area contributed by atoms with Crippen LogP contribution in [-0.4, -0.2) is 6.29 Å². The van der Waals surface area contributed by atoms with Crippen LogP contribution in [0.3, 0.4) is 0 Å². The number of aldehydes is 1. The highest BCUT2D eigenvalue weighted by atomic mass is 32.1. The lowest BCUT2D eigenvalue weighted by Crippen LogP contribution is -1.99. The number of carbonyl (C=O) groups is 1. The summed E-state index contributed by atoms with van der Waals surface area (Å²) in [5.41, 5.74) is 1.39. The van der Waals surface area contributed by atoms with Gasteiger partial charge in [-0.15, -0.1) is 11.3 Å². The number of hydrogen-bond acceptors (Lipinski definition) is 2. The van der Waals surface area contributed by atoms with Gasteiger partial charge in [0.2, 0.25) is 0 Å². The maximum Gasteiger partial charge on any atom is 0.123 e. The summed E-state index contributed by atoms with van der Waals surface area (Å²) in [4.78, 5) is 11.8. The lowest BCUT2D eigenvalue weighted by Gasteiger charge is -1.93. The highest BCUT2D eigenvalue weighted by Crippen LogP contribution is 2.29. The molecule has 0 saturated heterocycles. The Bertz CT molecular complexity index is 231. The van der Waals surface area contributed by atoms with E-state index in [-0.39, 0.29) is 5.92 Å². The van der Waals surface area contributed by atoms with Crippen LogP contribution in [0.15, 0.2) is 11.4 Å². The minimum atomic E-state index is 0.280. The molecule has 1 heterocycles. The molecule has 1 aliphatic carbocycles. The van der Waals surface area contributed by atoms with Crippen LogP contribution in [0, 0.1) is 5.92 Å². The Kier molecular flexibility index (Phi) is 1.34. The first-order chi connectivity index (χ1) is 4.90. The van der Waals surface area contributed by atoms with Crippen molar-refractivity contribution in [3.63, 3.8) is 0 Å². The summed E-state index contributed by atoms with van der Waals surface area (Å²) in [5.74, 6) is 0.280. The second-order valence-corrected chi connectivity index (χ2v) is 3.67. The van der Waals surface area contributed by atoms with Crippen LogP contribution in [0.1, 0.15) is 10.4 Å². The number of rotatable bonds is 1. The molecule has 0 spiro atoms. The third kappa shape index (κ3) is 0.797. The normalized spacial score (nSPS) is 22.6. The average Bonchev–Trinajstić information content (AvgIpc) is 2.42. The van der Waals surface area contributed by atoms with E-state index in [9.17, 15) is 4.79 Å². The predicted molar refractivity (Wildman–Crippen MR) is 41.3 cm³/mol. The van der Waals surface area contributed by atoms with Crippen LogP contribution in [0.4, 0.5) is 0 Å². The molecule has 52 valence electrons. The Balaban J connectivity index is 2.28. The molecular formula is C8H8OS. The molecule has 1 aromatic heterocycles. The zero-order valence-corrected chi connectivity index (χ0v) is 6.36. The summed E-state index contributed by atoms with van der Waals surface area (Å²) in [6.07, 6.45) is 3.03. The van der Waals surface area contributed by atoms with E-state index in [2.05, 4.69) is 11.4 Å². The fourth-order valence-corrected chi connectivity index (χ4v) is 2.43. The Morgan fingerprint density at radius 1 is 1.60 bits per heavy atom. The number of carbonyl (C=O) groups excluding carboxylic acids is 1. The van der Waals surface area contributed by atoms with Crippen molar-refractivity contribution in [2.75, 3.05) is 0 Å². The van der Waals surface area contributed by atoms with Crippen LogP contribution < -0.4 is 0 Å². The second-order valence-electron chi connectivity index (χ2n) is 2.67. The summed E-state index contributed by atoms with van der Waals surface area (Å²) in [6, 6.07) is 2.13. The van der Waals surface area contributed by atoms with Crippen molar-refractivity contribution in [1.29, 1.82) is 0 Å². The Labute approximate surface area is 63.7 Å². The van der Waals surface area contributed by atoms with Gasteiger partial charge in [0, 0.05) is 10.8 Å². The lowest BCUT2D eigenvalue weighted by molar-refractivity contribution is -0.110. The smallest absolute Gasteiger partial charge is 0.123 e. The predicted octanol–water partition coefficient (Wildman–Crippen LogP) is 1.66. The SMILES string of the molecule is O=CC1Cc2ccsc2C1. The molecular weight excluding hydrogens is 144 g/mol. The molecule has 2 rings (SSSR count). The average molecular weight is 152 g/mol. The van der Waals surface area contributed by atoms with Crippen molar-refractivity contribution in [3.8, 4) is 0 Å². The van der Waals surface area contributed by atoms with Gasteiger partial charge in [-0.3, -0.25) is 0 Å². The summed E-state index contributed by atoms with van der Waals surface area (Å²) in [7, 11) is 0. The van der Waals surface area contributed by atoms with Crippen LogP contribution in [0.25, 0.3) is 0 Å². The van der Waals surface area contributed by atoms with Gasteiger partial charge in [-0.25, -0.2) is 0 Å². The van der Waals surface area contributed by atoms with Crippen molar-refractivity contribution in [2.24, 2.45) is 5.92 Å². The Morgan fingerprint density at radius 2 is 2.50 bits per heavy atom. The van der Waals surface area contributed by atoms with Crippen LogP contribution in [0.5, 0.6) is 0 Å². The summed E-state index contributed by atoms with van der Waals surface area (Å²) in [6.45, 7) is 0. The summed E-state index contributed by atoms with van der Waals surface area (Å²) < 4.78 is 0. The molecule has 0 radical (unpaired) electrons. The molecule has 1 aromatic rings. The van der Waals surface area contributed by atoms with Crippen LogP contribution >= 0.6 is 11.3 Å². The minimum absolute atomic E-state index is 0.280. The first-order valence-electron chi connectivity index (χ1n) is 3.40. The lowest BCUT2D eigenvalue weighted by atomic mass is 10.1. The van der Waals surface area contributed by atoms with E-state index < -0.39 is 0 Å². The number of hydrogen-bond donors (Lipinski definition) is 0. The first kappa shape index (κ1) is 6.10.